The van der Waals surface area contributed by atoms with Crippen LogP contribution in [0.1, 0.15) is 25.5 Å². The Bertz CT molecular complexity index is 316. The number of benzene rings is 1. The lowest BCUT2D eigenvalue weighted by Crippen LogP contribution is -2.24. The van der Waals surface area contributed by atoms with Crippen LogP contribution in [0.3, 0.4) is 0 Å². The molecule has 18 heavy (non-hydrogen) atoms. The zero-order chi connectivity index (χ0) is 13.2. The Morgan fingerprint density at radius 3 is 2.50 bits per heavy atom. The van der Waals surface area contributed by atoms with E-state index in [1.165, 1.54) is 12.1 Å². The summed E-state index contributed by atoms with van der Waals surface area (Å²) in [4.78, 5) is 0. The first-order valence-electron chi connectivity index (χ1n) is 6.43. The average molecular weight is 255 g/mol. The Labute approximate surface area is 108 Å². The summed E-state index contributed by atoms with van der Waals surface area (Å²) in [5, 5.41) is 3.24. The Hall–Kier alpha value is -0.970. The summed E-state index contributed by atoms with van der Waals surface area (Å²) in [6.07, 6.45) is -0.0639. The first kappa shape index (κ1) is 15.1. The number of nitrogens with one attached hydrogen (secondary N) is 1. The molecular formula is C14H22FNO2. The van der Waals surface area contributed by atoms with Crippen molar-refractivity contribution in [3.05, 3.63) is 35.6 Å². The molecule has 0 aromatic heterocycles. The van der Waals surface area contributed by atoms with E-state index in [1.807, 2.05) is 13.8 Å². The second-order valence-electron chi connectivity index (χ2n) is 3.92. The largest absolute Gasteiger partial charge is 0.379 e. The quantitative estimate of drug-likeness (QED) is 0.688. The van der Waals surface area contributed by atoms with Crippen LogP contribution >= 0.6 is 0 Å². The summed E-state index contributed by atoms with van der Waals surface area (Å²) < 4.78 is 23.9. The van der Waals surface area contributed by atoms with Gasteiger partial charge in [0.15, 0.2) is 0 Å². The van der Waals surface area contributed by atoms with E-state index in [-0.39, 0.29) is 11.9 Å². The topological polar surface area (TPSA) is 30.5 Å². The van der Waals surface area contributed by atoms with Crippen molar-refractivity contribution < 1.29 is 13.9 Å². The van der Waals surface area contributed by atoms with Gasteiger partial charge in [-0.1, -0.05) is 19.1 Å². The molecule has 3 nitrogen and oxygen atoms in total. The van der Waals surface area contributed by atoms with Crippen molar-refractivity contribution in [2.75, 3.05) is 32.9 Å². The standard InChI is InChI=1S/C14H22FNO2/c1-3-16-11-14(18-10-9-17-4-2)12-5-7-13(15)8-6-12/h5-8,14,16H,3-4,9-11H2,1-2H3. The van der Waals surface area contributed by atoms with Crippen LogP contribution < -0.4 is 5.32 Å². The monoisotopic (exact) mass is 255 g/mol. The molecule has 0 aliphatic heterocycles. The van der Waals surface area contributed by atoms with Crippen molar-refractivity contribution in [2.45, 2.75) is 20.0 Å². The van der Waals surface area contributed by atoms with E-state index in [0.29, 0.717) is 26.4 Å². The van der Waals surface area contributed by atoms with Gasteiger partial charge in [-0.15, -0.1) is 0 Å². The van der Waals surface area contributed by atoms with Gasteiger partial charge in [0.2, 0.25) is 0 Å². The number of rotatable bonds is 9. The van der Waals surface area contributed by atoms with E-state index >= 15 is 0 Å². The normalized spacial score (nSPS) is 12.6. The number of ether oxygens (including phenoxy) is 2. The van der Waals surface area contributed by atoms with Crippen LogP contribution in [0, 0.1) is 5.82 Å². The van der Waals surface area contributed by atoms with Crippen LogP contribution in [-0.2, 0) is 9.47 Å². The van der Waals surface area contributed by atoms with Crippen LogP contribution in [0.25, 0.3) is 0 Å². The van der Waals surface area contributed by atoms with Crippen LogP contribution in [0.4, 0.5) is 4.39 Å². The number of halogens is 1. The average Bonchev–Trinajstić information content (AvgIpc) is 2.39. The van der Waals surface area contributed by atoms with E-state index in [2.05, 4.69) is 5.32 Å². The zero-order valence-corrected chi connectivity index (χ0v) is 11.1. The van der Waals surface area contributed by atoms with Crippen molar-refractivity contribution in [1.82, 2.24) is 5.32 Å². The molecule has 1 aromatic rings. The molecular weight excluding hydrogens is 233 g/mol. The molecule has 0 saturated carbocycles. The molecule has 1 atom stereocenters. The lowest BCUT2D eigenvalue weighted by molar-refractivity contribution is 0.00705. The van der Waals surface area contributed by atoms with Crippen molar-refractivity contribution in [1.29, 1.82) is 0 Å². The highest BCUT2D eigenvalue weighted by Gasteiger charge is 2.11. The molecule has 0 heterocycles. The molecule has 1 rings (SSSR count). The predicted octanol–water partition coefficient (Wildman–Crippen LogP) is 2.53. The van der Waals surface area contributed by atoms with E-state index in [0.717, 1.165) is 12.1 Å². The SMILES string of the molecule is CCNCC(OCCOCC)c1ccc(F)cc1. The van der Waals surface area contributed by atoms with Gasteiger partial charge in [0.1, 0.15) is 5.82 Å². The number of hydrogen-bond donors (Lipinski definition) is 1. The molecule has 0 radical (unpaired) electrons. The first-order chi connectivity index (χ1) is 8.77. The second-order valence-corrected chi connectivity index (χ2v) is 3.92. The summed E-state index contributed by atoms with van der Waals surface area (Å²) in [5.74, 6) is -0.227. The molecule has 102 valence electrons. The molecule has 0 saturated heterocycles. The third-order valence-electron chi connectivity index (χ3n) is 2.57. The maximum Gasteiger partial charge on any atom is 0.123 e. The summed E-state index contributed by atoms with van der Waals surface area (Å²) in [6.45, 7) is 7.41. The molecule has 0 bridgehead atoms. The Kier molecular flexibility index (Phi) is 7.57. The lowest BCUT2D eigenvalue weighted by atomic mass is 10.1. The summed E-state index contributed by atoms with van der Waals surface area (Å²) in [7, 11) is 0. The molecule has 0 aliphatic carbocycles. The van der Waals surface area contributed by atoms with E-state index in [1.54, 1.807) is 12.1 Å². The maximum atomic E-state index is 12.9. The minimum absolute atomic E-state index is 0.0639. The minimum atomic E-state index is -0.227. The maximum absolute atomic E-state index is 12.9. The van der Waals surface area contributed by atoms with Crippen molar-refractivity contribution in [3.8, 4) is 0 Å². The summed E-state index contributed by atoms with van der Waals surface area (Å²) in [5.41, 5.74) is 0.980. The number of hydrogen-bond acceptors (Lipinski definition) is 3. The van der Waals surface area contributed by atoms with Crippen LogP contribution in [0.2, 0.25) is 0 Å². The predicted molar refractivity (Wildman–Crippen MR) is 70.1 cm³/mol. The highest BCUT2D eigenvalue weighted by atomic mass is 19.1. The highest BCUT2D eigenvalue weighted by molar-refractivity contribution is 5.19. The number of likely N-dealkylation sites (N-methyl/N-ethyl adjacent to an activating group) is 1. The molecule has 0 fully saturated rings. The van der Waals surface area contributed by atoms with Gasteiger partial charge in [-0.3, -0.25) is 0 Å². The van der Waals surface area contributed by atoms with Crippen LogP contribution in [-0.4, -0.2) is 32.9 Å². The van der Waals surface area contributed by atoms with Crippen molar-refractivity contribution in [2.24, 2.45) is 0 Å². The fourth-order valence-electron chi connectivity index (χ4n) is 1.62. The van der Waals surface area contributed by atoms with Crippen molar-refractivity contribution in [3.63, 3.8) is 0 Å². The molecule has 0 aliphatic rings. The van der Waals surface area contributed by atoms with Gasteiger partial charge in [0.05, 0.1) is 19.3 Å². The van der Waals surface area contributed by atoms with Crippen molar-refractivity contribution >= 4 is 0 Å². The minimum Gasteiger partial charge on any atom is -0.379 e. The van der Waals surface area contributed by atoms with Gasteiger partial charge in [0.25, 0.3) is 0 Å². The van der Waals surface area contributed by atoms with Crippen LogP contribution in [0.5, 0.6) is 0 Å². The Morgan fingerprint density at radius 2 is 1.89 bits per heavy atom. The van der Waals surface area contributed by atoms with Crippen LogP contribution in [0.15, 0.2) is 24.3 Å². The van der Waals surface area contributed by atoms with Gasteiger partial charge < -0.3 is 14.8 Å². The highest BCUT2D eigenvalue weighted by Crippen LogP contribution is 2.17. The smallest absolute Gasteiger partial charge is 0.123 e. The van der Waals surface area contributed by atoms with E-state index in [9.17, 15) is 4.39 Å². The fraction of sp³-hybridized carbons (Fsp3) is 0.571. The molecule has 1 N–H and O–H groups in total. The molecule has 0 spiro atoms. The summed E-state index contributed by atoms with van der Waals surface area (Å²) >= 11 is 0. The lowest BCUT2D eigenvalue weighted by Gasteiger charge is -2.18. The third-order valence-corrected chi connectivity index (χ3v) is 2.57. The third kappa shape index (κ3) is 5.58. The van der Waals surface area contributed by atoms with Gasteiger partial charge in [-0.2, -0.15) is 0 Å². The molecule has 0 amide bonds. The molecule has 1 aromatic carbocycles. The van der Waals surface area contributed by atoms with Gasteiger partial charge >= 0.3 is 0 Å². The van der Waals surface area contributed by atoms with Gasteiger partial charge in [0, 0.05) is 13.2 Å². The van der Waals surface area contributed by atoms with Gasteiger partial charge in [-0.25, -0.2) is 4.39 Å². The Morgan fingerprint density at radius 1 is 1.17 bits per heavy atom. The zero-order valence-electron chi connectivity index (χ0n) is 11.1. The second kappa shape index (κ2) is 9.03. The molecule has 4 heteroatoms. The first-order valence-corrected chi connectivity index (χ1v) is 6.43. The van der Waals surface area contributed by atoms with E-state index < -0.39 is 0 Å². The van der Waals surface area contributed by atoms with E-state index in [4.69, 9.17) is 9.47 Å². The summed E-state index contributed by atoms with van der Waals surface area (Å²) in [6, 6.07) is 6.44. The Balaban J connectivity index is 2.51. The molecule has 1 unspecified atom stereocenters. The fourth-order valence-corrected chi connectivity index (χ4v) is 1.62. The van der Waals surface area contributed by atoms with Gasteiger partial charge in [-0.05, 0) is 31.2 Å².